The number of carbonyl (C=O) groups is 1. The highest BCUT2D eigenvalue weighted by atomic mass is 32.2. The maximum atomic E-state index is 10.9. The first-order valence-electron chi connectivity index (χ1n) is 11.0. The highest BCUT2D eigenvalue weighted by Crippen LogP contribution is 2.30. The first kappa shape index (κ1) is 23.7. The number of para-hydroxylation sites is 1. The molecule has 1 N–H and O–H groups in total. The lowest BCUT2D eigenvalue weighted by atomic mass is 10.1. The third-order valence-electron chi connectivity index (χ3n) is 4.94. The molecule has 3 rings (SSSR count). The molecule has 3 aromatic rings. The van der Waals surface area contributed by atoms with Gasteiger partial charge in [-0.25, -0.2) is 0 Å². The molecule has 32 heavy (non-hydrogen) atoms. The molecule has 0 spiro atoms. The van der Waals surface area contributed by atoms with Crippen LogP contribution in [0.25, 0.3) is 0 Å². The smallest absolute Gasteiger partial charge is 0.307 e. The molecule has 0 aliphatic heterocycles. The van der Waals surface area contributed by atoms with Crippen LogP contribution < -0.4 is 9.47 Å². The number of aryl methyl sites for hydroxylation is 2. The van der Waals surface area contributed by atoms with Crippen LogP contribution in [0, 0.1) is 6.92 Å². The Balaban J connectivity index is 1.53. The molecule has 168 valence electrons. The molecule has 3 aromatic carbocycles. The zero-order valence-corrected chi connectivity index (χ0v) is 19.5. The molecule has 0 radical (unpaired) electrons. The lowest BCUT2D eigenvalue weighted by molar-refractivity contribution is -0.136. The molecule has 0 amide bonds. The summed E-state index contributed by atoms with van der Waals surface area (Å²) in [6.07, 6.45) is 3.00. The number of ether oxygens (including phenoxy) is 2. The Labute approximate surface area is 194 Å². The van der Waals surface area contributed by atoms with E-state index in [1.165, 1.54) is 10.5 Å². The number of hydrogen-bond donors (Lipinski definition) is 1. The van der Waals surface area contributed by atoms with E-state index in [9.17, 15) is 4.79 Å². The van der Waals surface area contributed by atoms with E-state index in [0.717, 1.165) is 53.4 Å². The number of thioether (sulfide) groups is 1. The zero-order valence-electron chi connectivity index (χ0n) is 18.7. The molecule has 0 bridgehead atoms. The maximum absolute atomic E-state index is 10.9. The standard InChI is InChI=1S/C27H30O4S/c1-3-8-22-12-13-24(31-23-9-5-4-6-10-23)19-25(22)30-15-7-16-32-26-14-11-21(17-20(26)2)18-27(28)29/h4-6,9-14,17,19H,3,7-8,15-16,18H2,1-2H3,(H,28,29). The summed E-state index contributed by atoms with van der Waals surface area (Å²) in [5.74, 6) is 2.60. The Hall–Kier alpha value is -2.92. The van der Waals surface area contributed by atoms with Crippen molar-refractivity contribution in [2.24, 2.45) is 0 Å². The van der Waals surface area contributed by atoms with Crippen LogP contribution >= 0.6 is 11.8 Å². The molecule has 0 unspecified atom stereocenters. The molecule has 0 aliphatic rings. The van der Waals surface area contributed by atoms with Gasteiger partial charge in [0.1, 0.15) is 17.2 Å². The minimum Gasteiger partial charge on any atom is -0.493 e. The van der Waals surface area contributed by atoms with Gasteiger partial charge in [0.25, 0.3) is 0 Å². The van der Waals surface area contributed by atoms with Crippen molar-refractivity contribution in [3.8, 4) is 17.2 Å². The molecule has 5 heteroatoms. The van der Waals surface area contributed by atoms with Gasteiger partial charge in [-0.1, -0.05) is 49.7 Å². The Kier molecular flexibility index (Phi) is 9.05. The van der Waals surface area contributed by atoms with Gasteiger partial charge in [0.15, 0.2) is 0 Å². The van der Waals surface area contributed by atoms with Crippen LogP contribution in [-0.2, 0) is 17.6 Å². The van der Waals surface area contributed by atoms with E-state index in [1.807, 2.05) is 67.6 Å². The average Bonchev–Trinajstić information content (AvgIpc) is 2.77. The number of carboxylic acid groups (broad SMARTS) is 1. The highest BCUT2D eigenvalue weighted by molar-refractivity contribution is 7.99. The third kappa shape index (κ3) is 7.34. The van der Waals surface area contributed by atoms with E-state index < -0.39 is 5.97 Å². The van der Waals surface area contributed by atoms with E-state index in [1.54, 1.807) is 11.8 Å². The minimum atomic E-state index is -0.803. The number of hydrogen-bond acceptors (Lipinski definition) is 4. The Morgan fingerprint density at radius 1 is 1.00 bits per heavy atom. The largest absolute Gasteiger partial charge is 0.493 e. The van der Waals surface area contributed by atoms with Crippen molar-refractivity contribution in [1.29, 1.82) is 0 Å². The normalized spacial score (nSPS) is 10.7. The van der Waals surface area contributed by atoms with E-state index in [4.69, 9.17) is 14.6 Å². The van der Waals surface area contributed by atoms with Crippen LogP contribution in [0.2, 0.25) is 0 Å². The van der Waals surface area contributed by atoms with Crippen molar-refractivity contribution in [2.45, 2.75) is 44.4 Å². The van der Waals surface area contributed by atoms with Gasteiger partial charge in [0.05, 0.1) is 13.0 Å². The van der Waals surface area contributed by atoms with Crippen LogP contribution in [0.1, 0.15) is 36.5 Å². The fourth-order valence-corrected chi connectivity index (χ4v) is 4.35. The summed E-state index contributed by atoms with van der Waals surface area (Å²) in [5.41, 5.74) is 3.15. The summed E-state index contributed by atoms with van der Waals surface area (Å²) >= 11 is 1.78. The number of benzene rings is 3. The summed E-state index contributed by atoms with van der Waals surface area (Å²) < 4.78 is 12.1. The Bertz CT molecular complexity index is 1020. The summed E-state index contributed by atoms with van der Waals surface area (Å²) in [6, 6.07) is 21.7. The molecule has 0 saturated carbocycles. The summed E-state index contributed by atoms with van der Waals surface area (Å²) in [6.45, 7) is 4.83. The van der Waals surface area contributed by atoms with Gasteiger partial charge >= 0.3 is 5.97 Å². The second kappa shape index (κ2) is 12.2. The van der Waals surface area contributed by atoms with Crippen molar-refractivity contribution >= 4 is 17.7 Å². The average molecular weight is 451 g/mol. The molecular weight excluding hydrogens is 420 g/mol. The van der Waals surface area contributed by atoms with Gasteiger partial charge in [0.2, 0.25) is 0 Å². The monoisotopic (exact) mass is 450 g/mol. The molecule has 0 aromatic heterocycles. The Morgan fingerprint density at radius 3 is 2.53 bits per heavy atom. The summed E-state index contributed by atoms with van der Waals surface area (Å²) in [4.78, 5) is 12.1. The molecule has 0 saturated heterocycles. The van der Waals surface area contributed by atoms with Gasteiger partial charge in [-0.15, -0.1) is 11.8 Å². The van der Waals surface area contributed by atoms with Crippen molar-refractivity contribution in [2.75, 3.05) is 12.4 Å². The highest BCUT2D eigenvalue weighted by Gasteiger charge is 2.08. The van der Waals surface area contributed by atoms with Gasteiger partial charge in [0, 0.05) is 16.7 Å². The van der Waals surface area contributed by atoms with E-state index in [2.05, 4.69) is 13.0 Å². The summed E-state index contributed by atoms with van der Waals surface area (Å²) in [5, 5.41) is 8.94. The number of rotatable bonds is 12. The van der Waals surface area contributed by atoms with Gasteiger partial charge in [-0.05, 0) is 60.7 Å². The van der Waals surface area contributed by atoms with Crippen molar-refractivity contribution < 1.29 is 19.4 Å². The van der Waals surface area contributed by atoms with Crippen molar-refractivity contribution in [3.05, 3.63) is 83.4 Å². The summed E-state index contributed by atoms with van der Waals surface area (Å²) in [7, 11) is 0. The topological polar surface area (TPSA) is 55.8 Å². The maximum Gasteiger partial charge on any atom is 0.307 e. The molecule has 0 fully saturated rings. The van der Waals surface area contributed by atoms with Crippen LogP contribution in [-0.4, -0.2) is 23.4 Å². The van der Waals surface area contributed by atoms with Crippen LogP contribution in [0.5, 0.6) is 17.2 Å². The molecular formula is C27H30O4S. The first-order chi connectivity index (χ1) is 15.5. The predicted octanol–water partition coefficient (Wildman–Crippen LogP) is 6.93. The lowest BCUT2D eigenvalue weighted by Crippen LogP contribution is -2.02. The second-order valence-electron chi connectivity index (χ2n) is 7.66. The SMILES string of the molecule is CCCc1ccc(Oc2ccccc2)cc1OCCCSc1ccc(CC(=O)O)cc1C. The van der Waals surface area contributed by atoms with Crippen LogP contribution in [0.15, 0.2) is 71.6 Å². The van der Waals surface area contributed by atoms with Crippen molar-refractivity contribution in [1.82, 2.24) is 0 Å². The second-order valence-corrected chi connectivity index (χ2v) is 8.79. The fraction of sp³-hybridized carbons (Fsp3) is 0.296. The van der Waals surface area contributed by atoms with Gasteiger partial charge in [-0.3, -0.25) is 4.79 Å². The quantitative estimate of drug-likeness (QED) is 0.239. The molecule has 0 atom stereocenters. The van der Waals surface area contributed by atoms with Gasteiger partial charge in [-0.2, -0.15) is 0 Å². The molecule has 0 heterocycles. The van der Waals surface area contributed by atoms with Crippen molar-refractivity contribution in [3.63, 3.8) is 0 Å². The molecule has 0 aliphatic carbocycles. The zero-order chi connectivity index (χ0) is 22.8. The molecule has 4 nitrogen and oxygen atoms in total. The first-order valence-corrected chi connectivity index (χ1v) is 12.0. The predicted molar refractivity (Wildman–Crippen MR) is 130 cm³/mol. The fourth-order valence-electron chi connectivity index (χ4n) is 3.41. The van der Waals surface area contributed by atoms with Crippen LogP contribution in [0.3, 0.4) is 0 Å². The lowest BCUT2D eigenvalue weighted by Gasteiger charge is -2.14. The van der Waals surface area contributed by atoms with E-state index >= 15 is 0 Å². The minimum absolute atomic E-state index is 0.0623. The van der Waals surface area contributed by atoms with Gasteiger partial charge < -0.3 is 14.6 Å². The van der Waals surface area contributed by atoms with Crippen LogP contribution in [0.4, 0.5) is 0 Å². The van der Waals surface area contributed by atoms with E-state index in [-0.39, 0.29) is 6.42 Å². The number of carboxylic acids is 1. The Morgan fingerprint density at radius 2 is 1.81 bits per heavy atom. The van der Waals surface area contributed by atoms with E-state index in [0.29, 0.717) is 6.61 Å². The number of aliphatic carboxylic acids is 1. The third-order valence-corrected chi connectivity index (χ3v) is 6.20.